The minimum Gasteiger partial charge on any atom is -0.484 e. The molecule has 31 heavy (non-hydrogen) atoms. The molecule has 7 heteroatoms. The van der Waals surface area contributed by atoms with Crippen LogP contribution in [0.25, 0.3) is 0 Å². The van der Waals surface area contributed by atoms with Crippen molar-refractivity contribution in [1.29, 1.82) is 0 Å². The van der Waals surface area contributed by atoms with Gasteiger partial charge in [-0.1, -0.05) is 42.5 Å². The Labute approximate surface area is 183 Å². The number of amides is 1. The van der Waals surface area contributed by atoms with E-state index in [2.05, 4.69) is 56.2 Å². The number of ether oxygens (including phenoxy) is 1. The van der Waals surface area contributed by atoms with Crippen LogP contribution >= 0.6 is 0 Å². The smallest absolute Gasteiger partial charge is 0.258 e. The lowest BCUT2D eigenvalue weighted by molar-refractivity contribution is -0.123. The molecule has 1 aliphatic rings. The third-order valence-electron chi connectivity index (χ3n) is 5.68. The van der Waals surface area contributed by atoms with E-state index < -0.39 is 0 Å². The van der Waals surface area contributed by atoms with Crippen molar-refractivity contribution in [3.63, 3.8) is 0 Å². The Morgan fingerprint density at radius 1 is 1.06 bits per heavy atom. The maximum atomic E-state index is 12.3. The van der Waals surface area contributed by atoms with Crippen LogP contribution in [0.3, 0.4) is 0 Å². The van der Waals surface area contributed by atoms with Gasteiger partial charge in [0, 0.05) is 32.6 Å². The second-order valence-electron chi connectivity index (χ2n) is 7.97. The molecule has 1 N–H and O–H groups in total. The molecule has 3 aromatic rings. The summed E-state index contributed by atoms with van der Waals surface area (Å²) in [6.45, 7) is 7.68. The maximum absolute atomic E-state index is 12.3. The number of nitrogens with zero attached hydrogens (tertiary/aromatic N) is 4. The Hall–Kier alpha value is -3.19. The van der Waals surface area contributed by atoms with E-state index in [0.29, 0.717) is 5.75 Å². The lowest BCUT2D eigenvalue weighted by Gasteiger charge is -2.21. The Morgan fingerprint density at radius 2 is 1.84 bits per heavy atom. The van der Waals surface area contributed by atoms with Crippen LogP contribution < -0.4 is 10.1 Å². The van der Waals surface area contributed by atoms with Gasteiger partial charge in [-0.05, 0) is 37.1 Å². The van der Waals surface area contributed by atoms with Gasteiger partial charge >= 0.3 is 0 Å². The zero-order valence-corrected chi connectivity index (χ0v) is 18.1. The number of hydrogen-bond acceptors (Lipinski definition) is 5. The molecule has 0 saturated heterocycles. The van der Waals surface area contributed by atoms with E-state index in [1.807, 2.05) is 37.3 Å². The molecule has 4 rings (SSSR count). The highest BCUT2D eigenvalue weighted by Gasteiger charge is 2.23. The van der Waals surface area contributed by atoms with E-state index in [4.69, 9.17) is 4.74 Å². The van der Waals surface area contributed by atoms with E-state index in [0.717, 1.165) is 44.2 Å². The molecule has 0 saturated carbocycles. The summed E-state index contributed by atoms with van der Waals surface area (Å²) in [5, 5.41) is 11.8. The molecule has 1 aromatic heterocycles. The SMILES string of the molecule is Cc1ccccc1CN1CCc2nnc(C(C)NC(=O)COc3ccccc3)n2CC1. The van der Waals surface area contributed by atoms with Gasteiger partial charge in [0.2, 0.25) is 0 Å². The predicted molar refractivity (Wildman–Crippen MR) is 119 cm³/mol. The standard InChI is InChI=1S/C24H29N5O2/c1-18-8-6-7-9-20(18)16-28-13-12-22-26-27-24(29(22)15-14-28)19(2)25-23(30)17-31-21-10-4-3-5-11-21/h3-11,19H,12-17H2,1-2H3,(H,25,30). The van der Waals surface area contributed by atoms with Gasteiger partial charge in [-0.2, -0.15) is 0 Å². The summed E-state index contributed by atoms with van der Waals surface area (Å²) < 4.78 is 7.69. The molecule has 0 aliphatic carbocycles. The van der Waals surface area contributed by atoms with Crippen LogP contribution in [0.1, 0.15) is 35.7 Å². The number of nitrogens with one attached hydrogen (secondary N) is 1. The van der Waals surface area contributed by atoms with Crippen molar-refractivity contribution in [2.75, 3.05) is 19.7 Å². The van der Waals surface area contributed by atoms with Crippen LogP contribution in [0, 0.1) is 6.92 Å². The summed E-state index contributed by atoms with van der Waals surface area (Å²) in [7, 11) is 0. The Balaban J connectivity index is 1.34. The summed E-state index contributed by atoms with van der Waals surface area (Å²) in [6, 6.07) is 17.6. The van der Waals surface area contributed by atoms with Gasteiger partial charge in [-0.3, -0.25) is 9.69 Å². The molecule has 2 heterocycles. The average molecular weight is 420 g/mol. The Kier molecular flexibility index (Phi) is 6.62. The number of para-hydroxylation sites is 1. The molecule has 1 atom stereocenters. The fourth-order valence-corrected chi connectivity index (χ4v) is 3.91. The van der Waals surface area contributed by atoms with E-state index in [-0.39, 0.29) is 18.6 Å². The zero-order valence-electron chi connectivity index (χ0n) is 18.1. The number of aryl methyl sites for hydroxylation is 1. The molecule has 7 nitrogen and oxygen atoms in total. The summed E-state index contributed by atoms with van der Waals surface area (Å²) in [5.74, 6) is 2.27. The minimum absolute atomic E-state index is 0.0282. The van der Waals surface area contributed by atoms with Crippen molar-refractivity contribution >= 4 is 5.91 Å². The summed E-state index contributed by atoms with van der Waals surface area (Å²) in [4.78, 5) is 14.8. The molecular weight excluding hydrogens is 390 g/mol. The maximum Gasteiger partial charge on any atom is 0.258 e. The third-order valence-corrected chi connectivity index (χ3v) is 5.68. The lowest BCUT2D eigenvalue weighted by atomic mass is 10.1. The normalized spacial score (nSPS) is 15.0. The van der Waals surface area contributed by atoms with E-state index in [1.165, 1.54) is 11.1 Å². The Morgan fingerprint density at radius 3 is 2.65 bits per heavy atom. The number of benzene rings is 2. The first kappa shape index (κ1) is 21.1. The van der Waals surface area contributed by atoms with Crippen LogP contribution in [0.2, 0.25) is 0 Å². The van der Waals surface area contributed by atoms with Crippen LogP contribution in [0.15, 0.2) is 54.6 Å². The number of fused-ring (bicyclic) bond motifs is 1. The second kappa shape index (κ2) is 9.75. The topological polar surface area (TPSA) is 72.3 Å². The summed E-state index contributed by atoms with van der Waals surface area (Å²) >= 11 is 0. The van der Waals surface area contributed by atoms with Gasteiger partial charge in [0.15, 0.2) is 12.4 Å². The van der Waals surface area contributed by atoms with Gasteiger partial charge in [-0.25, -0.2) is 0 Å². The predicted octanol–water partition coefficient (Wildman–Crippen LogP) is 2.90. The Bertz CT molecular complexity index is 1020. The molecule has 1 amide bonds. The molecule has 162 valence electrons. The van der Waals surface area contributed by atoms with Crippen molar-refractivity contribution in [3.8, 4) is 5.75 Å². The molecule has 0 spiro atoms. The van der Waals surface area contributed by atoms with E-state index in [9.17, 15) is 4.79 Å². The summed E-state index contributed by atoms with van der Waals surface area (Å²) in [6.07, 6.45) is 0.844. The fourth-order valence-electron chi connectivity index (χ4n) is 3.91. The number of carbonyl (C=O) groups excluding carboxylic acids is 1. The van der Waals surface area contributed by atoms with Crippen molar-refractivity contribution in [2.45, 2.75) is 39.4 Å². The molecule has 0 radical (unpaired) electrons. The van der Waals surface area contributed by atoms with Gasteiger partial charge in [0.1, 0.15) is 11.6 Å². The highest BCUT2D eigenvalue weighted by Crippen LogP contribution is 2.18. The first-order valence-electron chi connectivity index (χ1n) is 10.8. The largest absolute Gasteiger partial charge is 0.484 e. The number of carbonyl (C=O) groups is 1. The number of aromatic nitrogens is 3. The highest BCUT2D eigenvalue weighted by atomic mass is 16.5. The third kappa shape index (κ3) is 5.30. The van der Waals surface area contributed by atoms with Crippen molar-refractivity contribution < 1.29 is 9.53 Å². The first-order valence-corrected chi connectivity index (χ1v) is 10.8. The van der Waals surface area contributed by atoms with E-state index in [1.54, 1.807) is 0 Å². The van der Waals surface area contributed by atoms with Crippen LogP contribution in [0.5, 0.6) is 5.75 Å². The minimum atomic E-state index is -0.240. The van der Waals surface area contributed by atoms with Gasteiger partial charge < -0.3 is 14.6 Å². The molecule has 1 unspecified atom stereocenters. The fraction of sp³-hybridized carbons (Fsp3) is 0.375. The number of rotatable bonds is 7. The van der Waals surface area contributed by atoms with Crippen molar-refractivity contribution in [1.82, 2.24) is 25.0 Å². The summed E-state index contributed by atoms with van der Waals surface area (Å²) in [5.41, 5.74) is 2.68. The van der Waals surface area contributed by atoms with Gasteiger partial charge in [-0.15, -0.1) is 10.2 Å². The molecular formula is C24H29N5O2. The highest BCUT2D eigenvalue weighted by molar-refractivity contribution is 5.77. The second-order valence-corrected chi connectivity index (χ2v) is 7.97. The van der Waals surface area contributed by atoms with Gasteiger partial charge in [0.25, 0.3) is 5.91 Å². The molecule has 0 bridgehead atoms. The molecule has 1 aliphatic heterocycles. The van der Waals surface area contributed by atoms with Crippen molar-refractivity contribution in [2.24, 2.45) is 0 Å². The van der Waals surface area contributed by atoms with E-state index >= 15 is 0 Å². The van der Waals surface area contributed by atoms with Crippen LogP contribution in [-0.2, 0) is 24.3 Å². The average Bonchev–Trinajstić information content (AvgIpc) is 3.09. The molecule has 0 fully saturated rings. The van der Waals surface area contributed by atoms with Gasteiger partial charge in [0.05, 0.1) is 6.04 Å². The lowest BCUT2D eigenvalue weighted by Crippen LogP contribution is -2.33. The zero-order chi connectivity index (χ0) is 21.6. The number of hydrogen-bond donors (Lipinski definition) is 1. The first-order chi connectivity index (χ1) is 15.1. The van der Waals surface area contributed by atoms with Crippen LogP contribution in [0.4, 0.5) is 0 Å². The quantitative estimate of drug-likeness (QED) is 0.638. The van der Waals surface area contributed by atoms with Crippen LogP contribution in [-0.4, -0.2) is 45.3 Å². The monoisotopic (exact) mass is 419 g/mol. The van der Waals surface area contributed by atoms with Crippen molar-refractivity contribution in [3.05, 3.63) is 77.4 Å². The molecule has 2 aromatic carbocycles.